The van der Waals surface area contributed by atoms with Crippen LogP contribution >= 0.6 is 0 Å². The van der Waals surface area contributed by atoms with Crippen LogP contribution in [0.25, 0.3) is 11.1 Å². The van der Waals surface area contributed by atoms with Gasteiger partial charge in [0.15, 0.2) is 0 Å². The van der Waals surface area contributed by atoms with Crippen molar-refractivity contribution in [1.82, 2.24) is 19.6 Å². The summed E-state index contributed by atoms with van der Waals surface area (Å²) in [5, 5.41) is 11.8. The summed E-state index contributed by atoms with van der Waals surface area (Å²) >= 11 is 0. The fourth-order valence-electron chi connectivity index (χ4n) is 2.88. The van der Waals surface area contributed by atoms with E-state index in [0.29, 0.717) is 11.5 Å². The van der Waals surface area contributed by atoms with E-state index in [4.69, 9.17) is 0 Å². The number of aromatic nitrogens is 4. The van der Waals surface area contributed by atoms with E-state index in [2.05, 4.69) is 36.3 Å². The van der Waals surface area contributed by atoms with Gasteiger partial charge in [-0.05, 0) is 46.2 Å². The van der Waals surface area contributed by atoms with Crippen LogP contribution in [0.3, 0.4) is 0 Å². The van der Waals surface area contributed by atoms with Crippen molar-refractivity contribution in [2.75, 3.05) is 5.32 Å². The van der Waals surface area contributed by atoms with Gasteiger partial charge in [0, 0.05) is 17.8 Å². The number of nitrogens with zero attached hydrogens (tertiary/aromatic N) is 4. The molecule has 3 rings (SSSR count). The van der Waals surface area contributed by atoms with Crippen molar-refractivity contribution in [3.05, 3.63) is 54.5 Å². The minimum Gasteiger partial charge on any atom is -0.305 e. The first-order chi connectivity index (χ1) is 12.3. The molecule has 0 bridgehead atoms. The molecule has 0 aliphatic heterocycles. The van der Waals surface area contributed by atoms with Crippen LogP contribution in [0.4, 0.5) is 5.82 Å². The smallest absolute Gasteiger partial charge is 0.275 e. The third-order valence-electron chi connectivity index (χ3n) is 4.11. The van der Waals surface area contributed by atoms with E-state index >= 15 is 0 Å². The largest absolute Gasteiger partial charge is 0.305 e. The van der Waals surface area contributed by atoms with Gasteiger partial charge in [0.05, 0.1) is 11.7 Å². The minimum atomic E-state index is -0.270. The van der Waals surface area contributed by atoms with Crippen molar-refractivity contribution in [2.45, 2.75) is 46.2 Å². The molecule has 0 unspecified atom stereocenters. The van der Waals surface area contributed by atoms with Gasteiger partial charge in [-0.1, -0.05) is 30.3 Å². The monoisotopic (exact) mass is 351 g/mol. The average molecular weight is 351 g/mol. The van der Waals surface area contributed by atoms with E-state index in [0.717, 1.165) is 11.1 Å². The van der Waals surface area contributed by atoms with Crippen molar-refractivity contribution in [1.29, 1.82) is 0 Å². The van der Waals surface area contributed by atoms with E-state index in [1.807, 2.05) is 48.9 Å². The van der Waals surface area contributed by atoms with E-state index in [1.54, 1.807) is 23.1 Å². The second kappa shape index (κ2) is 6.78. The normalized spacial score (nSPS) is 11.8. The molecule has 6 heteroatoms. The standard InChI is InChI=1S/C20H25N5O/c1-14(2)24-17(11-12-21-24)19(26)23-18-16(15-9-7-6-8-10-15)13-22-25(18)20(3,4)5/h6-14H,1-5H3,(H,23,26). The van der Waals surface area contributed by atoms with Gasteiger partial charge in [0.2, 0.25) is 0 Å². The first-order valence-electron chi connectivity index (χ1n) is 8.78. The lowest BCUT2D eigenvalue weighted by Gasteiger charge is -2.23. The Morgan fingerprint density at radius 1 is 1.08 bits per heavy atom. The van der Waals surface area contributed by atoms with Crippen LogP contribution < -0.4 is 5.32 Å². The lowest BCUT2D eigenvalue weighted by molar-refractivity contribution is 0.101. The van der Waals surface area contributed by atoms with E-state index in [1.165, 1.54) is 0 Å². The van der Waals surface area contributed by atoms with Crippen LogP contribution in [0.5, 0.6) is 0 Å². The molecule has 0 aliphatic rings. The Labute approximate surface area is 153 Å². The number of nitrogens with one attached hydrogen (secondary N) is 1. The fourth-order valence-corrected chi connectivity index (χ4v) is 2.88. The Morgan fingerprint density at radius 2 is 1.77 bits per heavy atom. The summed E-state index contributed by atoms with van der Waals surface area (Å²) in [5.74, 6) is 0.490. The molecule has 3 aromatic rings. The number of anilines is 1. The molecule has 0 fully saturated rings. The molecular weight excluding hydrogens is 326 g/mol. The third kappa shape index (κ3) is 3.40. The Kier molecular flexibility index (Phi) is 4.68. The number of carbonyl (C=O) groups is 1. The highest BCUT2D eigenvalue weighted by Crippen LogP contribution is 2.32. The lowest BCUT2D eigenvalue weighted by atomic mass is 10.1. The number of rotatable bonds is 4. The second-order valence-corrected chi connectivity index (χ2v) is 7.56. The molecule has 0 radical (unpaired) electrons. The predicted octanol–water partition coefficient (Wildman–Crippen LogP) is 4.33. The number of amides is 1. The highest BCUT2D eigenvalue weighted by Gasteiger charge is 2.24. The molecule has 1 aromatic carbocycles. The zero-order valence-electron chi connectivity index (χ0n) is 15.9. The first-order valence-corrected chi connectivity index (χ1v) is 8.78. The maximum Gasteiger partial charge on any atom is 0.275 e. The first kappa shape index (κ1) is 17.9. The van der Waals surface area contributed by atoms with Gasteiger partial charge >= 0.3 is 0 Å². The minimum absolute atomic E-state index is 0.104. The molecule has 0 saturated heterocycles. The van der Waals surface area contributed by atoms with Crippen molar-refractivity contribution in [2.24, 2.45) is 0 Å². The Hall–Kier alpha value is -2.89. The molecule has 0 spiro atoms. The fraction of sp³-hybridized carbons (Fsp3) is 0.350. The maximum atomic E-state index is 12.9. The van der Waals surface area contributed by atoms with Crippen molar-refractivity contribution >= 4 is 11.7 Å². The third-order valence-corrected chi connectivity index (χ3v) is 4.11. The summed E-state index contributed by atoms with van der Waals surface area (Å²) in [6, 6.07) is 11.8. The molecule has 2 aromatic heterocycles. The van der Waals surface area contributed by atoms with Gasteiger partial charge < -0.3 is 5.32 Å². The van der Waals surface area contributed by atoms with Crippen molar-refractivity contribution in [3.8, 4) is 11.1 Å². The molecule has 2 heterocycles. The predicted molar refractivity (Wildman–Crippen MR) is 103 cm³/mol. The van der Waals surface area contributed by atoms with Gasteiger partial charge in [-0.2, -0.15) is 10.2 Å². The SMILES string of the molecule is CC(C)n1nccc1C(=O)Nc1c(-c2ccccc2)cnn1C(C)(C)C. The lowest BCUT2D eigenvalue weighted by Crippen LogP contribution is -2.28. The average Bonchev–Trinajstić information content (AvgIpc) is 3.22. The quantitative estimate of drug-likeness (QED) is 0.760. The number of hydrogen-bond acceptors (Lipinski definition) is 3. The molecule has 136 valence electrons. The highest BCUT2D eigenvalue weighted by atomic mass is 16.2. The van der Waals surface area contributed by atoms with Gasteiger partial charge in [0.25, 0.3) is 5.91 Å². The van der Waals surface area contributed by atoms with Crippen molar-refractivity contribution in [3.63, 3.8) is 0 Å². The molecule has 0 saturated carbocycles. The number of hydrogen-bond donors (Lipinski definition) is 1. The Bertz CT molecular complexity index is 900. The maximum absolute atomic E-state index is 12.9. The molecule has 1 N–H and O–H groups in total. The Balaban J connectivity index is 2.04. The van der Waals surface area contributed by atoms with E-state index in [-0.39, 0.29) is 17.5 Å². The molecule has 6 nitrogen and oxygen atoms in total. The summed E-state index contributed by atoms with van der Waals surface area (Å²) in [4.78, 5) is 12.9. The topological polar surface area (TPSA) is 64.7 Å². The molecule has 1 amide bonds. The highest BCUT2D eigenvalue weighted by molar-refractivity contribution is 6.04. The summed E-state index contributed by atoms with van der Waals surface area (Å²) in [5.41, 5.74) is 2.16. The summed E-state index contributed by atoms with van der Waals surface area (Å²) in [7, 11) is 0. The van der Waals surface area contributed by atoms with Crippen LogP contribution in [-0.4, -0.2) is 25.5 Å². The van der Waals surface area contributed by atoms with Crippen LogP contribution in [0.2, 0.25) is 0 Å². The van der Waals surface area contributed by atoms with Crippen molar-refractivity contribution < 1.29 is 4.79 Å². The Morgan fingerprint density at radius 3 is 2.38 bits per heavy atom. The van der Waals surface area contributed by atoms with Crippen LogP contribution in [-0.2, 0) is 5.54 Å². The van der Waals surface area contributed by atoms with Gasteiger partial charge in [-0.25, -0.2) is 4.68 Å². The van der Waals surface area contributed by atoms with Gasteiger partial charge in [0.1, 0.15) is 11.5 Å². The van der Waals surface area contributed by atoms with Crippen LogP contribution in [0.15, 0.2) is 48.8 Å². The van der Waals surface area contributed by atoms with Crippen LogP contribution in [0, 0.1) is 0 Å². The van der Waals surface area contributed by atoms with Crippen LogP contribution in [0.1, 0.15) is 51.1 Å². The summed E-state index contributed by atoms with van der Waals surface area (Å²) in [6.45, 7) is 10.2. The zero-order chi connectivity index (χ0) is 18.9. The number of carbonyl (C=O) groups excluding carboxylic acids is 1. The van der Waals surface area contributed by atoms with Gasteiger partial charge in [-0.3, -0.25) is 9.48 Å². The molecule has 0 aliphatic carbocycles. The van der Waals surface area contributed by atoms with E-state index in [9.17, 15) is 4.79 Å². The van der Waals surface area contributed by atoms with Gasteiger partial charge in [-0.15, -0.1) is 0 Å². The summed E-state index contributed by atoms with van der Waals surface area (Å²) in [6.07, 6.45) is 3.45. The van der Waals surface area contributed by atoms with E-state index < -0.39 is 0 Å². The molecule has 0 atom stereocenters. The number of benzene rings is 1. The summed E-state index contributed by atoms with van der Waals surface area (Å²) < 4.78 is 3.57. The zero-order valence-corrected chi connectivity index (χ0v) is 15.9. The second-order valence-electron chi connectivity index (χ2n) is 7.56. The molecular formula is C20H25N5O. The molecule has 26 heavy (non-hydrogen) atoms.